The normalized spacial score (nSPS) is 10.0. The van der Waals surface area contributed by atoms with E-state index >= 15 is 0 Å². The minimum absolute atomic E-state index is 0.352. The van der Waals surface area contributed by atoms with Crippen LogP contribution in [-0.4, -0.2) is 20.2 Å². The summed E-state index contributed by atoms with van der Waals surface area (Å²) < 4.78 is 16.4. The predicted octanol–water partition coefficient (Wildman–Crippen LogP) is 3.82. The van der Waals surface area contributed by atoms with E-state index in [2.05, 4.69) is 15.9 Å². The molecule has 0 aliphatic heterocycles. The standard InChI is InChI=1S/C16H15BrO4/c1-19-13-6-3-11(4-7-13)10-21-15-9-12(17)5-8-14(15)16(18)20-2/h3-9H,10H2,1-2H3. The van der Waals surface area contributed by atoms with Crippen LogP contribution in [0, 0.1) is 0 Å². The quantitative estimate of drug-likeness (QED) is 0.769. The average molecular weight is 351 g/mol. The maximum absolute atomic E-state index is 11.7. The molecule has 0 unspecified atom stereocenters. The highest BCUT2D eigenvalue weighted by Gasteiger charge is 2.13. The van der Waals surface area contributed by atoms with Crippen molar-refractivity contribution in [1.82, 2.24) is 0 Å². The lowest BCUT2D eigenvalue weighted by Crippen LogP contribution is -2.06. The van der Waals surface area contributed by atoms with E-state index in [1.807, 2.05) is 24.3 Å². The molecule has 0 amide bonds. The Morgan fingerprint density at radius 2 is 1.81 bits per heavy atom. The van der Waals surface area contributed by atoms with Gasteiger partial charge in [-0.15, -0.1) is 0 Å². The van der Waals surface area contributed by atoms with Crippen molar-refractivity contribution in [3.05, 3.63) is 58.1 Å². The van der Waals surface area contributed by atoms with Gasteiger partial charge in [0.25, 0.3) is 0 Å². The van der Waals surface area contributed by atoms with Crippen molar-refractivity contribution in [2.24, 2.45) is 0 Å². The molecule has 0 fully saturated rings. The predicted molar refractivity (Wildman–Crippen MR) is 82.8 cm³/mol. The molecule has 2 aromatic rings. The minimum atomic E-state index is -0.424. The second kappa shape index (κ2) is 7.13. The third-order valence-electron chi connectivity index (χ3n) is 2.90. The first kappa shape index (κ1) is 15.4. The number of rotatable bonds is 5. The second-order valence-corrected chi connectivity index (χ2v) is 5.18. The molecule has 21 heavy (non-hydrogen) atoms. The molecule has 2 aromatic carbocycles. The van der Waals surface area contributed by atoms with Gasteiger partial charge in [0.1, 0.15) is 23.7 Å². The fraction of sp³-hybridized carbons (Fsp3) is 0.188. The first-order chi connectivity index (χ1) is 10.1. The SMILES string of the molecule is COC(=O)c1ccc(Br)cc1OCc1ccc(OC)cc1. The van der Waals surface area contributed by atoms with Crippen LogP contribution in [0.1, 0.15) is 15.9 Å². The molecule has 0 N–H and O–H groups in total. The number of methoxy groups -OCH3 is 2. The topological polar surface area (TPSA) is 44.8 Å². The van der Waals surface area contributed by atoms with E-state index in [9.17, 15) is 4.79 Å². The average Bonchev–Trinajstić information content (AvgIpc) is 2.52. The Morgan fingerprint density at radius 1 is 1.10 bits per heavy atom. The van der Waals surface area contributed by atoms with Gasteiger partial charge in [0.15, 0.2) is 0 Å². The van der Waals surface area contributed by atoms with E-state index in [4.69, 9.17) is 14.2 Å². The molecule has 2 rings (SSSR count). The van der Waals surface area contributed by atoms with Crippen LogP contribution in [-0.2, 0) is 11.3 Å². The first-order valence-electron chi connectivity index (χ1n) is 6.27. The zero-order valence-electron chi connectivity index (χ0n) is 11.8. The number of hydrogen-bond donors (Lipinski definition) is 0. The number of hydrogen-bond acceptors (Lipinski definition) is 4. The summed E-state index contributed by atoms with van der Waals surface area (Å²) in [5.41, 5.74) is 1.38. The third kappa shape index (κ3) is 3.98. The van der Waals surface area contributed by atoms with Crippen LogP contribution >= 0.6 is 15.9 Å². The molecule has 0 radical (unpaired) electrons. The van der Waals surface area contributed by atoms with Gasteiger partial charge in [0.05, 0.1) is 14.2 Å². The van der Waals surface area contributed by atoms with Crippen molar-refractivity contribution >= 4 is 21.9 Å². The molecule has 0 aliphatic rings. The summed E-state index contributed by atoms with van der Waals surface area (Å²) in [4.78, 5) is 11.7. The van der Waals surface area contributed by atoms with Crippen molar-refractivity contribution in [1.29, 1.82) is 0 Å². The number of esters is 1. The lowest BCUT2D eigenvalue weighted by atomic mass is 10.2. The summed E-state index contributed by atoms with van der Waals surface area (Å²) >= 11 is 3.36. The maximum atomic E-state index is 11.7. The molecule has 5 heteroatoms. The van der Waals surface area contributed by atoms with Crippen molar-refractivity contribution in [2.75, 3.05) is 14.2 Å². The fourth-order valence-corrected chi connectivity index (χ4v) is 2.12. The Hall–Kier alpha value is -2.01. The van der Waals surface area contributed by atoms with Gasteiger partial charge in [-0.05, 0) is 35.9 Å². The van der Waals surface area contributed by atoms with Crippen LogP contribution in [0.5, 0.6) is 11.5 Å². The smallest absolute Gasteiger partial charge is 0.341 e. The number of halogens is 1. The zero-order valence-corrected chi connectivity index (χ0v) is 13.3. The summed E-state index contributed by atoms with van der Waals surface area (Å²) in [6.07, 6.45) is 0. The van der Waals surface area contributed by atoms with Crippen LogP contribution in [0.25, 0.3) is 0 Å². The van der Waals surface area contributed by atoms with E-state index < -0.39 is 5.97 Å². The van der Waals surface area contributed by atoms with E-state index in [0.29, 0.717) is 17.9 Å². The van der Waals surface area contributed by atoms with E-state index in [1.165, 1.54) is 7.11 Å². The summed E-state index contributed by atoms with van der Waals surface area (Å²) in [7, 11) is 2.97. The molecule has 4 nitrogen and oxygen atoms in total. The minimum Gasteiger partial charge on any atom is -0.497 e. The number of benzene rings is 2. The van der Waals surface area contributed by atoms with E-state index in [1.54, 1.807) is 25.3 Å². The lowest BCUT2D eigenvalue weighted by Gasteiger charge is -2.11. The molecule has 0 spiro atoms. The van der Waals surface area contributed by atoms with Crippen molar-refractivity contribution in [3.8, 4) is 11.5 Å². The lowest BCUT2D eigenvalue weighted by molar-refractivity contribution is 0.0595. The van der Waals surface area contributed by atoms with Gasteiger partial charge in [0.2, 0.25) is 0 Å². The van der Waals surface area contributed by atoms with Crippen molar-refractivity contribution < 1.29 is 19.0 Å². The third-order valence-corrected chi connectivity index (χ3v) is 3.40. The molecule has 110 valence electrons. The van der Waals surface area contributed by atoms with Gasteiger partial charge in [0, 0.05) is 4.47 Å². The van der Waals surface area contributed by atoms with E-state index in [0.717, 1.165) is 15.8 Å². The maximum Gasteiger partial charge on any atom is 0.341 e. The molecule has 0 atom stereocenters. The number of ether oxygens (including phenoxy) is 3. The monoisotopic (exact) mass is 350 g/mol. The number of carbonyl (C=O) groups excluding carboxylic acids is 1. The Balaban J connectivity index is 2.14. The molecular formula is C16H15BrO4. The first-order valence-corrected chi connectivity index (χ1v) is 7.07. The molecule has 0 saturated heterocycles. The van der Waals surface area contributed by atoms with Gasteiger partial charge in [-0.3, -0.25) is 0 Å². The summed E-state index contributed by atoms with van der Waals surface area (Å²) in [5.74, 6) is 0.843. The summed E-state index contributed by atoms with van der Waals surface area (Å²) in [6.45, 7) is 0.352. The van der Waals surface area contributed by atoms with E-state index in [-0.39, 0.29) is 0 Å². The highest BCUT2D eigenvalue weighted by Crippen LogP contribution is 2.25. The molecule has 0 heterocycles. The van der Waals surface area contributed by atoms with Gasteiger partial charge >= 0.3 is 5.97 Å². The van der Waals surface area contributed by atoms with Crippen LogP contribution in [0.4, 0.5) is 0 Å². The van der Waals surface area contributed by atoms with Crippen LogP contribution in [0.15, 0.2) is 46.9 Å². The Bertz CT molecular complexity index is 623. The van der Waals surface area contributed by atoms with Crippen LogP contribution in [0.2, 0.25) is 0 Å². The van der Waals surface area contributed by atoms with Crippen molar-refractivity contribution in [2.45, 2.75) is 6.61 Å². The number of carbonyl (C=O) groups is 1. The largest absolute Gasteiger partial charge is 0.497 e. The van der Waals surface area contributed by atoms with Gasteiger partial charge < -0.3 is 14.2 Å². The molecule has 0 saturated carbocycles. The Morgan fingerprint density at radius 3 is 2.43 bits per heavy atom. The van der Waals surface area contributed by atoms with Gasteiger partial charge in [-0.25, -0.2) is 4.79 Å². The van der Waals surface area contributed by atoms with Crippen molar-refractivity contribution in [3.63, 3.8) is 0 Å². The Kier molecular flexibility index (Phi) is 5.22. The molecule has 0 bridgehead atoms. The zero-order chi connectivity index (χ0) is 15.2. The second-order valence-electron chi connectivity index (χ2n) is 4.27. The molecule has 0 aliphatic carbocycles. The Labute approximate surface area is 131 Å². The highest BCUT2D eigenvalue weighted by molar-refractivity contribution is 9.10. The molecular weight excluding hydrogens is 336 g/mol. The fourth-order valence-electron chi connectivity index (χ4n) is 1.78. The van der Waals surface area contributed by atoms with Gasteiger partial charge in [-0.2, -0.15) is 0 Å². The van der Waals surface area contributed by atoms with Crippen LogP contribution < -0.4 is 9.47 Å². The van der Waals surface area contributed by atoms with Gasteiger partial charge in [-0.1, -0.05) is 28.1 Å². The summed E-state index contributed by atoms with van der Waals surface area (Å²) in [6, 6.07) is 12.7. The summed E-state index contributed by atoms with van der Waals surface area (Å²) in [5, 5.41) is 0. The van der Waals surface area contributed by atoms with Crippen LogP contribution in [0.3, 0.4) is 0 Å². The highest BCUT2D eigenvalue weighted by atomic mass is 79.9. The molecule has 0 aromatic heterocycles.